The van der Waals surface area contributed by atoms with E-state index in [4.69, 9.17) is 0 Å². The zero-order chi connectivity index (χ0) is 11.6. The minimum absolute atomic E-state index is 1.10. The van der Waals surface area contributed by atoms with Crippen LogP contribution >= 0.6 is 11.3 Å². The highest BCUT2D eigenvalue weighted by molar-refractivity contribution is 7.07. The van der Waals surface area contributed by atoms with Crippen molar-refractivity contribution >= 4 is 11.3 Å². The number of thiophene rings is 1. The predicted molar refractivity (Wildman–Crippen MR) is 75.2 cm³/mol. The summed E-state index contributed by atoms with van der Waals surface area (Å²) in [6, 6.07) is 2.16. The summed E-state index contributed by atoms with van der Waals surface area (Å²) in [5, 5.41) is 4.29. The van der Waals surface area contributed by atoms with Crippen molar-refractivity contribution in [2.24, 2.45) is 5.92 Å². The van der Waals surface area contributed by atoms with Crippen LogP contribution in [0.4, 0.5) is 0 Å². The molecule has 0 amide bonds. The fourth-order valence-corrected chi connectivity index (χ4v) is 3.13. The molecule has 0 saturated heterocycles. The fraction of sp³-hybridized carbons (Fsp3) is 0.733. The minimum atomic E-state index is 1.10. The lowest BCUT2D eigenvalue weighted by Crippen LogP contribution is -2.04. The molecule has 0 unspecified atom stereocenters. The molecule has 1 heteroatoms. The predicted octanol–water partition coefficient (Wildman–Crippen LogP) is 5.68. The largest absolute Gasteiger partial charge is 0.152 e. The molecule has 1 aliphatic carbocycles. The molecule has 16 heavy (non-hydrogen) atoms. The Balaban J connectivity index is 0.000000165. The van der Waals surface area contributed by atoms with Crippen molar-refractivity contribution in [1.82, 2.24) is 0 Å². The Morgan fingerprint density at radius 3 is 2.38 bits per heavy atom. The van der Waals surface area contributed by atoms with Crippen molar-refractivity contribution < 1.29 is 0 Å². The van der Waals surface area contributed by atoms with Crippen LogP contribution in [0.15, 0.2) is 16.8 Å². The van der Waals surface area contributed by atoms with Crippen LogP contribution in [0.5, 0.6) is 0 Å². The van der Waals surface area contributed by atoms with E-state index in [0.29, 0.717) is 0 Å². The molecule has 0 radical (unpaired) electrons. The summed E-state index contributed by atoms with van der Waals surface area (Å²) >= 11 is 1.76. The van der Waals surface area contributed by atoms with Gasteiger partial charge in [-0.05, 0) is 34.7 Å². The van der Waals surface area contributed by atoms with Crippen molar-refractivity contribution in [3.63, 3.8) is 0 Å². The Bertz CT molecular complexity index is 229. The van der Waals surface area contributed by atoms with Gasteiger partial charge in [0.1, 0.15) is 0 Å². The Hall–Kier alpha value is -0.300. The lowest BCUT2D eigenvalue weighted by Gasteiger charge is -2.20. The third kappa shape index (κ3) is 5.69. The molecule has 1 aliphatic rings. The molecule has 1 fully saturated rings. The van der Waals surface area contributed by atoms with Gasteiger partial charge in [0, 0.05) is 0 Å². The average Bonchev–Trinajstić information content (AvgIpc) is 2.84. The van der Waals surface area contributed by atoms with Crippen LogP contribution in [-0.2, 0) is 6.42 Å². The van der Waals surface area contributed by atoms with Gasteiger partial charge in [0.15, 0.2) is 0 Å². The lowest BCUT2D eigenvalue weighted by atomic mass is 9.86. The van der Waals surface area contributed by atoms with Crippen LogP contribution in [-0.4, -0.2) is 0 Å². The first-order valence-electron chi connectivity index (χ1n) is 6.87. The molecule has 0 N–H and O–H groups in total. The summed E-state index contributed by atoms with van der Waals surface area (Å²) in [4.78, 5) is 0. The second kappa shape index (κ2) is 8.81. The van der Waals surface area contributed by atoms with Gasteiger partial charge in [-0.2, -0.15) is 11.3 Å². The zero-order valence-electron chi connectivity index (χ0n) is 10.9. The van der Waals surface area contributed by atoms with Gasteiger partial charge in [0.05, 0.1) is 0 Å². The van der Waals surface area contributed by atoms with Gasteiger partial charge in [-0.1, -0.05) is 58.8 Å². The van der Waals surface area contributed by atoms with Crippen molar-refractivity contribution in [3.05, 3.63) is 22.4 Å². The van der Waals surface area contributed by atoms with E-state index < -0.39 is 0 Å². The third-order valence-corrected chi connectivity index (χ3v) is 4.14. The molecule has 1 aromatic heterocycles. The topological polar surface area (TPSA) is 0 Å². The monoisotopic (exact) mass is 238 g/mol. The van der Waals surface area contributed by atoms with E-state index in [-0.39, 0.29) is 0 Å². The van der Waals surface area contributed by atoms with E-state index in [1.54, 1.807) is 11.3 Å². The third-order valence-electron chi connectivity index (χ3n) is 3.41. The first-order valence-corrected chi connectivity index (χ1v) is 7.82. The van der Waals surface area contributed by atoms with Crippen LogP contribution in [0.25, 0.3) is 0 Å². The molecule has 0 atom stereocenters. The molecule has 1 aromatic rings. The Morgan fingerprint density at radius 1 is 1.19 bits per heavy atom. The van der Waals surface area contributed by atoms with E-state index in [1.165, 1.54) is 56.9 Å². The van der Waals surface area contributed by atoms with Crippen molar-refractivity contribution in [1.29, 1.82) is 0 Å². The minimum Gasteiger partial charge on any atom is -0.152 e. The zero-order valence-corrected chi connectivity index (χ0v) is 11.7. The molecular weight excluding hydrogens is 212 g/mol. The summed E-state index contributed by atoms with van der Waals surface area (Å²) in [6.45, 7) is 4.47. The van der Waals surface area contributed by atoms with E-state index in [0.717, 1.165) is 5.92 Å². The van der Waals surface area contributed by atoms with E-state index in [9.17, 15) is 0 Å². The highest BCUT2D eigenvalue weighted by Gasteiger charge is 2.10. The van der Waals surface area contributed by atoms with Gasteiger partial charge in [0.2, 0.25) is 0 Å². The maximum atomic E-state index is 2.30. The van der Waals surface area contributed by atoms with Crippen molar-refractivity contribution in [2.45, 2.75) is 65.2 Å². The molecule has 0 bridgehead atoms. The van der Waals surface area contributed by atoms with E-state index >= 15 is 0 Å². The Kier molecular flexibility index (Phi) is 7.58. The number of hydrogen-bond donors (Lipinski definition) is 0. The van der Waals surface area contributed by atoms with Crippen LogP contribution in [0.1, 0.15) is 64.4 Å². The molecule has 1 heterocycles. The van der Waals surface area contributed by atoms with Crippen LogP contribution < -0.4 is 0 Å². The standard InChI is InChI=1S/C9H18.C6H8S/c1-2-6-9-7-4-3-5-8-9;1-2-6-3-4-7-5-6/h9H,2-8H2,1H3;3-5H,2H2,1H3. The van der Waals surface area contributed by atoms with Crippen molar-refractivity contribution in [3.8, 4) is 0 Å². The maximum Gasteiger partial charge on any atom is -0.00614 e. The summed E-state index contributed by atoms with van der Waals surface area (Å²) in [5.74, 6) is 1.10. The summed E-state index contributed by atoms with van der Waals surface area (Å²) in [5.41, 5.74) is 1.45. The molecule has 92 valence electrons. The van der Waals surface area contributed by atoms with Gasteiger partial charge in [-0.3, -0.25) is 0 Å². The SMILES string of the molecule is CCCC1CCCCC1.CCc1ccsc1. The van der Waals surface area contributed by atoms with Gasteiger partial charge < -0.3 is 0 Å². The number of hydrogen-bond acceptors (Lipinski definition) is 1. The van der Waals surface area contributed by atoms with E-state index in [1.807, 2.05) is 0 Å². The van der Waals surface area contributed by atoms with Gasteiger partial charge in [-0.15, -0.1) is 0 Å². The first-order chi connectivity index (χ1) is 7.86. The molecular formula is C15H26S. The maximum absolute atomic E-state index is 2.30. The first kappa shape index (κ1) is 13.8. The van der Waals surface area contributed by atoms with Gasteiger partial charge in [0.25, 0.3) is 0 Å². The second-order valence-electron chi connectivity index (χ2n) is 4.78. The Morgan fingerprint density at radius 2 is 1.94 bits per heavy atom. The fourth-order valence-electron chi connectivity index (χ4n) is 2.38. The smallest absolute Gasteiger partial charge is 0.00614 e. The summed E-state index contributed by atoms with van der Waals surface area (Å²) in [7, 11) is 0. The average molecular weight is 238 g/mol. The van der Waals surface area contributed by atoms with E-state index in [2.05, 4.69) is 30.7 Å². The molecule has 0 aliphatic heterocycles. The lowest BCUT2D eigenvalue weighted by molar-refractivity contribution is 0.336. The van der Waals surface area contributed by atoms with Crippen LogP contribution in [0.3, 0.4) is 0 Å². The Labute approximate surface area is 105 Å². The highest BCUT2D eigenvalue weighted by atomic mass is 32.1. The molecule has 1 saturated carbocycles. The van der Waals surface area contributed by atoms with Gasteiger partial charge in [-0.25, -0.2) is 0 Å². The normalized spacial score (nSPS) is 16.6. The molecule has 0 nitrogen and oxygen atoms in total. The summed E-state index contributed by atoms with van der Waals surface area (Å²) in [6.07, 6.45) is 11.6. The highest BCUT2D eigenvalue weighted by Crippen LogP contribution is 2.26. The van der Waals surface area contributed by atoms with Gasteiger partial charge >= 0.3 is 0 Å². The molecule has 0 spiro atoms. The molecule has 0 aromatic carbocycles. The second-order valence-corrected chi connectivity index (χ2v) is 5.56. The van der Waals surface area contributed by atoms with Crippen molar-refractivity contribution in [2.75, 3.05) is 0 Å². The molecule has 2 rings (SSSR count). The number of aryl methyl sites for hydroxylation is 1. The number of rotatable bonds is 3. The van der Waals surface area contributed by atoms with Crippen LogP contribution in [0.2, 0.25) is 0 Å². The summed E-state index contributed by atoms with van der Waals surface area (Å²) < 4.78 is 0. The quantitative estimate of drug-likeness (QED) is 0.635. The van der Waals surface area contributed by atoms with Crippen LogP contribution in [0, 0.1) is 5.92 Å².